The Morgan fingerprint density at radius 3 is 2.44 bits per heavy atom. The van der Waals surface area contributed by atoms with Gasteiger partial charge in [0.05, 0.1) is 0 Å². The van der Waals surface area contributed by atoms with Crippen LogP contribution in [0.1, 0.15) is 9.80 Å². The van der Waals surface area contributed by atoms with Gasteiger partial charge in [-0.2, -0.15) is 0 Å². The largest absolute Gasteiger partial charge is 0.374 e. The molecule has 0 spiro atoms. The lowest BCUT2D eigenvalue weighted by molar-refractivity contribution is -0.135. The third kappa shape index (κ3) is 1.98. The lowest BCUT2D eigenvalue weighted by Crippen LogP contribution is -2.53. The maximum Gasteiger partial charge on any atom is 0.285 e. The molecular formula is C7H7N5O3S. The van der Waals surface area contributed by atoms with Crippen molar-refractivity contribution in [1.29, 1.82) is 0 Å². The van der Waals surface area contributed by atoms with Gasteiger partial charge in [0.2, 0.25) is 22.0 Å². The molecule has 0 saturated carbocycles. The molecule has 2 heterocycles. The van der Waals surface area contributed by atoms with Crippen molar-refractivity contribution >= 4 is 34.2 Å². The number of piperazine rings is 1. The second-order valence-corrected chi connectivity index (χ2v) is 4.09. The summed E-state index contributed by atoms with van der Waals surface area (Å²) in [6.45, 7) is -0.325. The fourth-order valence-electron chi connectivity index (χ4n) is 1.24. The second kappa shape index (κ2) is 3.85. The van der Waals surface area contributed by atoms with E-state index in [0.29, 0.717) is 0 Å². The second-order valence-electron chi connectivity index (χ2n) is 3.08. The number of amides is 3. The van der Waals surface area contributed by atoms with E-state index < -0.39 is 17.7 Å². The number of nitrogens with two attached hydrogens (primary N) is 1. The van der Waals surface area contributed by atoms with E-state index in [0.717, 1.165) is 16.2 Å². The van der Waals surface area contributed by atoms with Crippen LogP contribution >= 0.6 is 11.3 Å². The maximum absolute atomic E-state index is 11.8. The molecule has 0 bridgehead atoms. The summed E-state index contributed by atoms with van der Waals surface area (Å²) in [4.78, 5) is 34.9. The minimum absolute atomic E-state index is 0.0694. The van der Waals surface area contributed by atoms with Gasteiger partial charge in [0.25, 0.3) is 5.91 Å². The van der Waals surface area contributed by atoms with Crippen LogP contribution in [0.3, 0.4) is 0 Å². The number of nitrogen functional groups attached to an aromatic ring is 1. The Bertz CT molecular complexity index is 454. The van der Waals surface area contributed by atoms with Gasteiger partial charge < -0.3 is 10.6 Å². The average Bonchev–Trinajstić information content (AvgIpc) is 2.62. The van der Waals surface area contributed by atoms with E-state index in [9.17, 15) is 14.4 Å². The number of imide groups is 1. The molecule has 3 amide bonds. The van der Waals surface area contributed by atoms with Gasteiger partial charge in [-0.25, -0.2) is 0 Å². The molecule has 1 aromatic rings. The lowest BCUT2D eigenvalue weighted by atomic mass is 10.3. The molecule has 1 saturated heterocycles. The fraction of sp³-hybridized carbons (Fsp3) is 0.286. The van der Waals surface area contributed by atoms with Crippen LogP contribution in [0.5, 0.6) is 0 Å². The molecule has 1 aliphatic heterocycles. The van der Waals surface area contributed by atoms with Gasteiger partial charge in [0.15, 0.2) is 0 Å². The number of rotatable bonds is 1. The van der Waals surface area contributed by atoms with Crippen LogP contribution in [0.4, 0.5) is 5.13 Å². The Morgan fingerprint density at radius 2 is 1.94 bits per heavy atom. The van der Waals surface area contributed by atoms with Crippen molar-refractivity contribution in [3.05, 3.63) is 5.01 Å². The summed E-state index contributed by atoms with van der Waals surface area (Å²) in [5.74, 6) is -1.54. The third-order valence-corrected chi connectivity index (χ3v) is 2.60. The predicted octanol–water partition coefficient (Wildman–Crippen LogP) is -1.78. The van der Waals surface area contributed by atoms with Gasteiger partial charge in [0.1, 0.15) is 13.1 Å². The van der Waals surface area contributed by atoms with Gasteiger partial charge in [-0.3, -0.25) is 19.7 Å². The predicted molar refractivity (Wildman–Crippen MR) is 53.4 cm³/mol. The average molecular weight is 241 g/mol. The van der Waals surface area contributed by atoms with E-state index in [1.54, 1.807) is 0 Å². The van der Waals surface area contributed by atoms with Crippen molar-refractivity contribution in [3.63, 3.8) is 0 Å². The molecule has 0 radical (unpaired) electrons. The van der Waals surface area contributed by atoms with Crippen molar-refractivity contribution in [1.82, 2.24) is 20.4 Å². The first kappa shape index (κ1) is 10.5. The van der Waals surface area contributed by atoms with Crippen molar-refractivity contribution in [2.45, 2.75) is 0 Å². The molecule has 0 aromatic carbocycles. The van der Waals surface area contributed by atoms with Crippen molar-refractivity contribution in [2.24, 2.45) is 0 Å². The van der Waals surface area contributed by atoms with Gasteiger partial charge in [0, 0.05) is 0 Å². The fourth-order valence-corrected chi connectivity index (χ4v) is 1.81. The van der Waals surface area contributed by atoms with E-state index in [2.05, 4.69) is 15.5 Å². The Balaban J connectivity index is 2.15. The maximum atomic E-state index is 11.8. The van der Waals surface area contributed by atoms with E-state index in [1.807, 2.05) is 0 Å². The Kier molecular flexibility index (Phi) is 2.52. The number of hydrogen-bond acceptors (Lipinski definition) is 7. The molecule has 1 aromatic heterocycles. The normalized spacial score (nSPS) is 16.1. The zero-order valence-corrected chi connectivity index (χ0v) is 8.78. The molecule has 1 fully saturated rings. The summed E-state index contributed by atoms with van der Waals surface area (Å²) in [5.41, 5.74) is 5.33. The zero-order chi connectivity index (χ0) is 11.7. The number of aromatic nitrogens is 2. The van der Waals surface area contributed by atoms with Crippen LogP contribution in [0.15, 0.2) is 0 Å². The minimum Gasteiger partial charge on any atom is -0.374 e. The molecule has 0 aliphatic carbocycles. The molecule has 0 unspecified atom stereocenters. The Labute approximate surface area is 93.4 Å². The Hall–Kier alpha value is -2.03. The van der Waals surface area contributed by atoms with Crippen molar-refractivity contribution < 1.29 is 14.4 Å². The molecule has 2 rings (SSSR count). The number of carbonyl (C=O) groups excluding carboxylic acids is 3. The van der Waals surface area contributed by atoms with Gasteiger partial charge in [-0.1, -0.05) is 11.3 Å². The van der Waals surface area contributed by atoms with Crippen LogP contribution in [0.25, 0.3) is 0 Å². The van der Waals surface area contributed by atoms with Crippen LogP contribution in [-0.2, 0) is 9.59 Å². The summed E-state index contributed by atoms with van der Waals surface area (Å²) in [5, 5.41) is 9.36. The van der Waals surface area contributed by atoms with Crippen LogP contribution in [0.2, 0.25) is 0 Å². The number of carbonyl (C=O) groups is 3. The smallest absolute Gasteiger partial charge is 0.285 e. The summed E-state index contributed by atoms with van der Waals surface area (Å²) in [6.07, 6.45) is 0. The standard InChI is InChI=1S/C7H7N5O3S/c8-7-11-10-5(16-7)6(15)12-1-3(13)9-4(14)2-12/h1-2H2,(H2,8,11)(H,9,13,14). The summed E-state index contributed by atoms with van der Waals surface area (Å²) >= 11 is 0.913. The molecule has 16 heavy (non-hydrogen) atoms. The van der Waals surface area contributed by atoms with Crippen LogP contribution < -0.4 is 11.1 Å². The summed E-state index contributed by atoms with van der Waals surface area (Å²) < 4.78 is 0. The quantitative estimate of drug-likeness (QED) is 0.561. The first-order valence-corrected chi connectivity index (χ1v) is 5.09. The third-order valence-electron chi connectivity index (χ3n) is 1.86. The number of hydrogen-bond donors (Lipinski definition) is 2. The van der Waals surface area contributed by atoms with Crippen LogP contribution in [0, 0.1) is 0 Å². The summed E-state index contributed by atoms with van der Waals surface area (Å²) in [6, 6.07) is 0. The first-order chi connectivity index (χ1) is 7.56. The molecule has 0 atom stereocenters. The molecule has 84 valence electrons. The van der Waals surface area contributed by atoms with Crippen LogP contribution in [-0.4, -0.2) is 45.9 Å². The molecule has 3 N–H and O–H groups in total. The lowest BCUT2D eigenvalue weighted by Gasteiger charge is -2.24. The minimum atomic E-state index is -0.516. The number of nitrogens with one attached hydrogen (secondary N) is 1. The highest BCUT2D eigenvalue weighted by Gasteiger charge is 2.28. The van der Waals surface area contributed by atoms with E-state index in [-0.39, 0.29) is 23.2 Å². The summed E-state index contributed by atoms with van der Waals surface area (Å²) in [7, 11) is 0. The topological polar surface area (TPSA) is 118 Å². The monoisotopic (exact) mass is 241 g/mol. The van der Waals surface area contributed by atoms with E-state index >= 15 is 0 Å². The van der Waals surface area contributed by atoms with E-state index in [1.165, 1.54) is 0 Å². The highest BCUT2D eigenvalue weighted by atomic mass is 32.1. The molecule has 9 heteroatoms. The molecule has 8 nitrogen and oxygen atoms in total. The first-order valence-electron chi connectivity index (χ1n) is 4.27. The number of nitrogens with zero attached hydrogens (tertiary/aromatic N) is 3. The SMILES string of the molecule is Nc1nnc(C(=O)N2CC(=O)NC(=O)C2)s1. The van der Waals surface area contributed by atoms with Crippen molar-refractivity contribution in [2.75, 3.05) is 18.8 Å². The van der Waals surface area contributed by atoms with E-state index in [4.69, 9.17) is 5.73 Å². The highest BCUT2D eigenvalue weighted by molar-refractivity contribution is 7.16. The number of anilines is 1. The van der Waals surface area contributed by atoms with Crippen molar-refractivity contribution in [3.8, 4) is 0 Å². The van der Waals surface area contributed by atoms with Gasteiger partial charge in [-0.05, 0) is 0 Å². The molecule has 1 aliphatic rings. The van der Waals surface area contributed by atoms with Gasteiger partial charge in [-0.15, -0.1) is 10.2 Å². The van der Waals surface area contributed by atoms with Gasteiger partial charge >= 0.3 is 0 Å². The zero-order valence-electron chi connectivity index (χ0n) is 7.97. The highest BCUT2D eigenvalue weighted by Crippen LogP contribution is 2.13. The molecular weight excluding hydrogens is 234 g/mol. The Morgan fingerprint density at radius 1 is 1.31 bits per heavy atom.